The van der Waals surface area contributed by atoms with Crippen LogP contribution < -0.4 is 0 Å². The lowest BCUT2D eigenvalue weighted by Gasteiger charge is -2.33. The molecule has 1 aliphatic heterocycles. The van der Waals surface area contributed by atoms with Gasteiger partial charge in [0.05, 0.1) is 6.61 Å². The fraction of sp³-hybridized carbons (Fsp3) is 0.727. The Labute approximate surface area is 95.6 Å². The highest BCUT2D eigenvalue weighted by Crippen LogP contribution is 2.26. The van der Waals surface area contributed by atoms with Crippen LogP contribution in [0.3, 0.4) is 0 Å². The maximum Gasteiger partial charge on any atom is 0.438 e. The highest BCUT2D eigenvalue weighted by molar-refractivity contribution is 5.68. The molecule has 1 amide bonds. The fourth-order valence-corrected chi connectivity index (χ4v) is 1.34. The van der Waals surface area contributed by atoms with E-state index in [4.69, 9.17) is 14.7 Å². The Morgan fingerprint density at radius 1 is 1.69 bits per heavy atom. The summed E-state index contributed by atoms with van der Waals surface area (Å²) in [6.07, 6.45) is 3.12. The molecule has 0 aliphatic carbocycles. The molecule has 1 heterocycles. The number of carbonyl (C=O) groups is 1. The Bertz CT molecular complexity index is 277. The van der Waals surface area contributed by atoms with Crippen molar-refractivity contribution in [2.24, 2.45) is 5.92 Å². The minimum atomic E-state index is -0.675. The van der Waals surface area contributed by atoms with Gasteiger partial charge >= 0.3 is 6.09 Å². The van der Waals surface area contributed by atoms with Gasteiger partial charge in [-0.25, -0.2) is 4.79 Å². The van der Waals surface area contributed by atoms with Gasteiger partial charge in [-0.2, -0.15) is 5.06 Å². The quantitative estimate of drug-likeness (QED) is 0.796. The van der Waals surface area contributed by atoms with Crippen LogP contribution in [0, 0.1) is 5.92 Å². The number of rotatable bonds is 4. The van der Waals surface area contributed by atoms with Crippen LogP contribution in [0.25, 0.3) is 0 Å². The summed E-state index contributed by atoms with van der Waals surface area (Å²) in [5, 5.41) is 10.0. The van der Waals surface area contributed by atoms with Crippen LogP contribution in [0.2, 0.25) is 0 Å². The van der Waals surface area contributed by atoms with Crippen molar-refractivity contribution in [1.82, 2.24) is 5.06 Å². The second-order valence-corrected chi connectivity index (χ2v) is 4.32. The lowest BCUT2D eigenvalue weighted by molar-refractivity contribution is -0.111. The first-order valence-electron chi connectivity index (χ1n) is 5.42. The lowest BCUT2D eigenvalue weighted by Crippen LogP contribution is -2.41. The van der Waals surface area contributed by atoms with Crippen molar-refractivity contribution < 1.29 is 19.5 Å². The Kier molecular flexibility index (Phi) is 4.32. The predicted molar refractivity (Wildman–Crippen MR) is 58.4 cm³/mol. The molecule has 1 unspecified atom stereocenters. The minimum absolute atomic E-state index is 0.0152. The Balaban J connectivity index is 2.60. The SMILES string of the molecule is CC(C)C(C)(CCO)OC(=O)N1C=CCO1. The molecule has 0 saturated heterocycles. The van der Waals surface area contributed by atoms with Crippen LogP contribution in [0.1, 0.15) is 27.2 Å². The third-order valence-corrected chi connectivity index (χ3v) is 2.88. The van der Waals surface area contributed by atoms with E-state index in [-0.39, 0.29) is 12.5 Å². The van der Waals surface area contributed by atoms with Crippen LogP contribution >= 0.6 is 0 Å². The zero-order chi connectivity index (χ0) is 12.2. The van der Waals surface area contributed by atoms with E-state index in [0.29, 0.717) is 13.0 Å². The van der Waals surface area contributed by atoms with Crippen molar-refractivity contribution in [3.63, 3.8) is 0 Å². The van der Waals surface area contributed by atoms with Crippen molar-refractivity contribution in [3.8, 4) is 0 Å². The number of nitrogens with zero attached hydrogens (tertiary/aromatic N) is 1. The largest absolute Gasteiger partial charge is 0.441 e. The Hall–Kier alpha value is -1.07. The molecule has 1 rings (SSSR count). The van der Waals surface area contributed by atoms with E-state index in [0.717, 1.165) is 5.06 Å². The molecule has 1 N–H and O–H groups in total. The standard InChI is InChI=1S/C11H19NO4/c1-9(2)11(3,5-7-13)16-10(14)12-6-4-8-15-12/h4,6,9,13H,5,7-8H2,1-3H3. The van der Waals surface area contributed by atoms with Crippen molar-refractivity contribution >= 4 is 6.09 Å². The molecule has 0 radical (unpaired) electrons. The monoisotopic (exact) mass is 229 g/mol. The summed E-state index contributed by atoms with van der Waals surface area (Å²) in [5.74, 6) is 0.121. The zero-order valence-electron chi connectivity index (χ0n) is 9.97. The first kappa shape index (κ1) is 13.0. The third kappa shape index (κ3) is 2.96. The molecular formula is C11H19NO4. The molecule has 5 nitrogen and oxygen atoms in total. The lowest BCUT2D eigenvalue weighted by atomic mass is 9.89. The number of carbonyl (C=O) groups excluding carboxylic acids is 1. The van der Waals surface area contributed by atoms with Gasteiger partial charge in [0, 0.05) is 19.2 Å². The van der Waals surface area contributed by atoms with Gasteiger partial charge in [0.15, 0.2) is 0 Å². The van der Waals surface area contributed by atoms with E-state index >= 15 is 0 Å². The molecule has 0 aromatic carbocycles. The third-order valence-electron chi connectivity index (χ3n) is 2.88. The number of amides is 1. The molecule has 0 aromatic rings. The van der Waals surface area contributed by atoms with Gasteiger partial charge in [-0.1, -0.05) is 13.8 Å². The highest BCUT2D eigenvalue weighted by atomic mass is 16.7. The molecule has 1 atom stereocenters. The second-order valence-electron chi connectivity index (χ2n) is 4.32. The number of hydrogen-bond donors (Lipinski definition) is 1. The molecule has 92 valence electrons. The van der Waals surface area contributed by atoms with Crippen LogP contribution in [0.15, 0.2) is 12.3 Å². The van der Waals surface area contributed by atoms with E-state index in [1.54, 1.807) is 6.08 Å². The molecule has 16 heavy (non-hydrogen) atoms. The molecule has 0 fully saturated rings. The summed E-state index contributed by atoms with van der Waals surface area (Å²) in [7, 11) is 0. The normalized spacial score (nSPS) is 18.9. The summed E-state index contributed by atoms with van der Waals surface area (Å²) in [6, 6.07) is 0. The Morgan fingerprint density at radius 2 is 2.38 bits per heavy atom. The molecule has 0 aromatic heterocycles. The van der Waals surface area contributed by atoms with Crippen LogP contribution in [-0.2, 0) is 9.57 Å². The average Bonchev–Trinajstić information content (AvgIpc) is 2.70. The van der Waals surface area contributed by atoms with E-state index < -0.39 is 11.7 Å². The smallest absolute Gasteiger partial charge is 0.438 e. The number of ether oxygens (including phenoxy) is 1. The first-order chi connectivity index (χ1) is 7.49. The zero-order valence-corrected chi connectivity index (χ0v) is 9.97. The number of aliphatic hydroxyl groups excluding tert-OH is 1. The predicted octanol–water partition coefficient (Wildman–Crippen LogP) is 1.68. The Morgan fingerprint density at radius 3 is 2.81 bits per heavy atom. The molecule has 5 heteroatoms. The van der Waals surface area contributed by atoms with E-state index in [1.807, 2.05) is 20.8 Å². The van der Waals surface area contributed by atoms with Crippen molar-refractivity contribution in [1.29, 1.82) is 0 Å². The van der Waals surface area contributed by atoms with Gasteiger partial charge < -0.3 is 9.84 Å². The van der Waals surface area contributed by atoms with E-state index in [2.05, 4.69) is 0 Å². The maximum absolute atomic E-state index is 11.7. The second kappa shape index (κ2) is 5.32. The van der Waals surface area contributed by atoms with Gasteiger partial charge in [-0.05, 0) is 18.9 Å². The van der Waals surface area contributed by atoms with Gasteiger partial charge in [0.25, 0.3) is 0 Å². The molecule has 0 saturated carbocycles. The summed E-state index contributed by atoms with van der Waals surface area (Å²) >= 11 is 0. The molecule has 0 spiro atoms. The number of hydrogen-bond acceptors (Lipinski definition) is 4. The van der Waals surface area contributed by atoms with Gasteiger partial charge in [0.2, 0.25) is 0 Å². The van der Waals surface area contributed by atoms with Crippen molar-refractivity contribution in [2.75, 3.05) is 13.2 Å². The van der Waals surface area contributed by atoms with Gasteiger partial charge in [-0.15, -0.1) is 0 Å². The van der Waals surface area contributed by atoms with Crippen molar-refractivity contribution in [3.05, 3.63) is 12.3 Å². The summed E-state index contributed by atoms with van der Waals surface area (Å²) in [4.78, 5) is 16.7. The van der Waals surface area contributed by atoms with Crippen LogP contribution in [0.5, 0.6) is 0 Å². The minimum Gasteiger partial charge on any atom is -0.441 e. The maximum atomic E-state index is 11.7. The summed E-state index contributed by atoms with van der Waals surface area (Å²) < 4.78 is 5.37. The van der Waals surface area contributed by atoms with Crippen LogP contribution in [0.4, 0.5) is 4.79 Å². The van der Waals surface area contributed by atoms with Crippen LogP contribution in [-0.4, -0.2) is 35.1 Å². The molecular weight excluding hydrogens is 210 g/mol. The molecule has 1 aliphatic rings. The number of hydroxylamine groups is 2. The van der Waals surface area contributed by atoms with E-state index in [1.165, 1.54) is 6.20 Å². The fourth-order valence-electron chi connectivity index (χ4n) is 1.34. The van der Waals surface area contributed by atoms with Crippen molar-refractivity contribution in [2.45, 2.75) is 32.8 Å². The summed E-state index contributed by atoms with van der Waals surface area (Å²) in [5.41, 5.74) is -0.675. The van der Waals surface area contributed by atoms with Gasteiger partial charge in [-0.3, -0.25) is 4.84 Å². The van der Waals surface area contributed by atoms with E-state index in [9.17, 15) is 4.79 Å². The highest BCUT2D eigenvalue weighted by Gasteiger charge is 2.34. The average molecular weight is 229 g/mol. The first-order valence-corrected chi connectivity index (χ1v) is 5.42. The summed E-state index contributed by atoms with van der Waals surface area (Å²) in [6.45, 7) is 6.07. The van der Waals surface area contributed by atoms with Gasteiger partial charge in [0.1, 0.15) is 5.60 Å². The molecule has 0 bridgehead atoms. The topological polar surface area (TPSA) is 59.0 Å². The number of aliphatic hydroxyl groups is 1.